The van der Waals surface area contributed by atoms with E-state index in [4.69, 9.17) is 24.1 Å². The molecular weight excluding hydrogens is 580 g/mol. The fourth-order valence-electron chi connectivity index (χ4n) is 4.21. The van der Waals surface area contributed by atoms with Gasteiger partial charge >= 0.3 is 5.97 Å². The van der Waals surface area contributed by atoms with Gasteiger partial charge in [-0.1, -0.05) is 13.8 Å². The van der Waals surface area contributed by atoms with Crippen LogP contribution in [-0.2, 0) is 9.59 Å². The minimum Gasteiger partial charge on any atom is -0.493 e. The standard InChI is InChI=1S/C31H32O9S2/c1-16(18(3)32)8-21(33)29-12-19-10-25(23(37-4)14-27(19)41-29)39-6-7-40-26-11-20-13-30(22(34)9-17(2)31(35)36)42-28(20)15-24(26)38-5/h10-17H,6-9H2,1-5H3,(H,35,36)/t16-,17-/m0/s1. The molecule has 0 radical (unpaired) electrons. The molecule has 42 heavy (non-hydrogen) atoms. The van der Waals surface area contributed by atoms with Gasteiger partial charge in [0.25, 0.3) is 0 Å². The summed E-state index contributed by atoms with van der Waals surface area (Å²) in [6.07, 6.45) is 0.0967. The van der Waals surface area contributed by atoms with Gasteiger partial charge in [0.2, 0.25) is 0 Å². The molecule has 2 aromatic heterocycles. The second kappa shape index (κ2) is 13.3. The zero-order valence-corrected chi connectivity index (χ0v) is 25.6. The van der Waals surface area contributed by atoms with Crippen molar-refractivity contribution in [3.63, 3.8) is 0 Å². The van der Waals surface area contributed by atoms with E-state index in [-0.39, 0.29) is 49.3 Å². The lowest BCUT2D eigenvalue weighted by molar-refractivity contribution is -0.141. The van der Waals surface area contributed by atoms with Gasteiger partial charge in [0.05, 0.1) is 29.9 Å². The van der Waals surface area contributed by atoms with E-state index in [2.05, 4.69) is 0 Å². The zero-order chi connectivity index (χ0) is 30.6. The van der Waals surface area contributed by atoms with Crippen LogP contribution in [0.4, 0.5) is 0 Å². The van der Waals surface area contributed by atoms with Crippen LogP contribution in [0.15, 0.2) is 36.4 Å². The number of methoxy groups -OCH3 is 2. The van der Waals surface area contributed by atoms with Crippen molar-refractivity contribution in [1.82, 2.24) is 0 Å². The predicted octanol–water partition coefficient (Wildman–Crippen LogP) is 6.68. The van der Waals surface area contributed by atoms with E-state index in [1.54, 1.807) is 38.3 Å². The normalized spacial score (nSPS) is 12.6. The van der Waals surface area contributed by atoms with E-state index in [0.29, 0.717) is 32.8 Å². The number of rotatable bonds is 15. The van der Waals surface area contributed by atoms with Crippen LogP contribution >= 0.6 is 22.7 Å². The van der Waals surface area contributed by atoms with Crippen LogP contribution in [0.25, 0.3) is 20.2 Å². The van der Waals surface area contributed by atoms with Gasteiger partial charge in [0.1, 0.15) is 19.0 Å². The van der Waals surface area contributed by atoms with Gasteiger partial charge in [-0.3, -0.25) is 19.2 Å². The monoisotopic (exact) mass is 612 g/mol. The van der Waals surface area contributed by atoms with Crippen molar-refractivity contribution < 1.29 is 43.2 Å². The molecule has 0 amide bonds. The van der Waals surface area contributed by atoms with E-state index in [0.717, 1.165) is 20.2 Å². The number of hydrogen-bond donors (Lipinski definition) is 1. The summed E-state index contributed by atoms with van der Waals surface area (Å²) in [4.78, 5) is 49.0. The third-order valence-electron chi connectivity index (χ3n) is 6.85. The highest BCUT2D eigenvalue weighted by molar-refractivity contribution is 7.21. The predicted molar refractivity (Wildman–Crippen MR) is 162 cm³/mol. The Balaban J connectivity index is 1.43. The summed E-state index contributed by atoms with van der Waals surface area (Å²) in [6, 6.07) is 10.8. The van der Waals surface area contributed by atoms with Crippen LogP contribution in [0.2, 0.25) is 0 Å². The fourth-order valence-corrected chi connectivity index (χ4v) is 6.25. The molecule has 0 fully saturated rings. The third kappa shape index (κ3) is 7.08. The molecule has 4 aromatic rings. The van der Waals surface area contributed by atoms with Gasteiger partial charge in [-0.05, 0) is 42.0 Å². The first kappa shape index (κ1) is 31.0. The molecule has 0 aliphatic heterocycles. The number of hydrogen-bond acceptors (Lipinski definition) is 10. The van der Waals surface area contributed by atoms with Crippen LogP contribution in [0.1, 0.15) is 53.0 Å². The van der Waals surface area contributed by atoms with Gasteiger partial charge in [-0.15, -0.1) is 22.7 Å². The molecule has 2 atom stereocenters. The zero-order valence-electron chi connectivity index (χ0n) is 24.0. The minimum atomic E-state index is -1.01. The summed E-state index contributed by atoms with van der Waals surface area (Å²) in [6.45, 7) is 5.13. The Labute approximate surface area is 251 Å². The number of fused-ring (bicyclic) bond motifs is 2. The summed E-state index contributed by atoms with van der Waals surface area (Å²) in [5.74, 6) is -0.409. The molecule has 0 bridgehead atoms. The molecule has 11 heteroatoms. The van der Waals surface area contributed by atoms with Crippen LogP contribution in [-0.4, -0.2) is 55.9 Å². The number of aliphatic carboxylic acids is 1. The number of carboxylic acids is 1. The quantitative estimate of drug-likeness (QED) is 0.116. The van der Waals surface area contributed by atoms with E-state index in [9.17, 15) is 19.2 Å². The van der Waals surface area contributed by atoms with Gasteiger partial charge in [-0.2, -0.15) is 0 Å². The molecule has 0 saturated carbocycles. The van der Waals surface area contributed by atoms with Crippen molar-refractivity contribution in [1.29, 1.82) is 0 Å². The molecule has 0 unspecified atom stereocenters. The lowest BCUT2D eigenvalue weighted by Crippen LogP contribution is -2.13. The molecule has 2 heterocycles. The Hall–Kier alpha value is -3.96. The molecule has 0 saturated heterocycles. The largest absolute Gasteiger partial charge is 0.493 e. The Bertz CT molecular complexity index is 1530. The summed E-state index contributed by atoms with van der Waals surface area (Å²) >= 11 is 2.64. The first-order valence-corrected chi connectivity index (χ1v) is 14.9. The number of thiophene rings is 2. The maximum Gasteiger partial charge on any atom is 0.306 e. The number of carbonyl (C=O) groups excluding carboxylic acids is 3. The number of ketones is 3. The minimum absolute atomic E-state index is 0.0144. The second-order valence-electron chi connectivity index (χ2n) is 10.0. The van der Waals surface area contributed by atoms with Gasteiger partial charge in [0.15, 0.2) is 34.6 Å². The number of Topliss-reactive ketones (excluding diaryl/α,β-unsaturated/α-hetero) is 3. The van der Waals surface area contributed by atoms with E-state index in [1.807, 2.05) is 12.1 Å². The lowest BCUT2D eigenvalue weighted by atomic mass is 10.0. The number of benzene rings is 2. The Morgan fingerprint density at radius 3 is 1.50 bits per heavy atom. The average molecular weight is 613 g/mol. The highest BCUT2D eigenvalue weighted by Gasteiger charge is 2.21. The smallest absolute Gasteiger partial charge is 0.306 e. The number of carboxylic acid groups (broad SMARTS) is 1. The molecule has 2 aromatic carbocycles. The van der Waals surface area contributed by atoms with E-state index >= 15 is 0 Å². The molecule has 0 spiro atoms. The first-order valence-electron chi connectivity index (χ1n) is 13.3. The summed E-state index contributed by atoms with van der Waals surface area (Å²) in [5, 5.41) is 10.7. The molecule has 0 aliphatic rings. The number of ether oxygens (including phenoxy) is 4. The second-order valence-corrected chi connectivity index (χ2v) is 12.2. The van der Waals surface area contributed by atoms with Crippen molar-refractivity contribution in [2.45, 2.75) is 33.6 Å². The van der Waals surface area contributed by atoms with Crippen molar-refractivity contribution in [3.05, 3.63) is 46.2 Å². The van der Waals surface area contributed by atoms with Crippen LogP contribution in [0.3, 0.4) is 0 Å². The summed E-state index contributed by atoms with van der Waals surface area (Å²) < 4.78 is 24.6. The van der Waals surface area contributed by atoms with Crippen molar-refractivity contribution >= 4 is 66.2 Å². The Morgan fingerprint density at radius 2 is 1.12 bits per heavy atom. The first-order chi connectivity index (χ1) is 20.0. The van der Waals surface area contributed by atoms with Gasteiger partial charge in [-0.25, -0.2) is 0 Å². The molecule has 9 nitrogen and oxygen atoms in total. The third-order valence-corrected chi connectivity index (χ3v) is 9.13. The SMILES string of the molecule is COc1cc2sc(C(=O)C[C@H](C)C(C)=O)cc2cc1OCCOc1cc2cc(C(=O)C[C@H](C)C(=O)O)sc2cc1OC. The summed E-state index contributed by atoms with van der Waals surface area (Å²) in [7, 11) is 3.07. The average Bonchev–Trinajstić information content (AvgIpc) is 3.57. The van der Waals surface area contributed by atoms with E-state index in [1.165, 1.54) is 43.6 Å². The topological polar surface area (TPSA) is 125 Å². The van der Waals surface area contributed by atoms with Gasteiger partial charge in [0, 0.05) is 40.3 Å². The fraction of sp³-hybridized carbons (Fsp3) is 0.355. The van der Waals surface area contributed by atoms with Crippen molar-refractivity contribution in [3.8, 4) is 23.0 Å². The Kier molecular flexibility index (Phi) is 9.85. The maximum absolute atomic E-state index is 12.7. The van der Waals surface area contributed by atoms with Gasteiger partial charge < -0.3 is 24.1 Å². The maximum atomic E-state index is 12.7. The molecule has 222 valence electrons. The lowest BCUT2D eigenvalue weighted by Gasteiger charge is -2.13. The molecule has 4 rings (SSSR count). The van der Waals surface area contributed by atoms with Crippen LogP contribution in [0, 0.1) is 11.8 Å². The number of carbonyl (C=O) groups is 4. The van der Waals surface area contributed by atoms with Crippen LogP contribution < -0.4 is 18.9 Å². The summed E-state index contributed by atoms with van der Waals surface area (Å²) in [5.41, 5.74) is 0. The van der Waals surface area contributed by atoms with Crippen molar-refractivity contribution in [2.24, 2.45) is 11.8 Å². The van der Waals surface area contributed by atoms with Crippen molar-refractivity contribution in [2.75, 3.05) is 27.4 Å². The highest BCUT2D eigenvalue weighted by atomic mass is 32.1. The highest BCUT2D eigenvalue weighted by Crippen LogP contribution is 2.39. The van der Waals surface area contributed by atoms with Crippen LogP contribution in [0.5, 0.6) is 23.0 Å². The molecular formula is C31H32O9S2. The molecule has 0 aliphatic carbocycles. The van der Waals surface area contributed by atoms with E-state index < -0.39 is 11.9 Å². The molecule has 1 N–H and O–H groups in total. The Morgan fingerprint density at radius 1 is 0.690 bits per heavy atom.